The maximum absolute atomic E-state index is 3.37. The average molecular weight is 165 g/mol. The summed E-state index contributed by atoms with van der Waals surface area (Å²) in [4.78, 5) is 3.37. The quantitative estimate of drug-likeness (QED) is 0.612. The molecule has 0 fully saturated rings. The number of imidazole rings is 1. The Labute approximate surface area is 73.6 Å². The van der Waals surface area contributed by atoms with E-state index in [1.807, 2.05) is 0 Å². The summed E-state index contributed by atoms with van der Waals surface area (Å²) in [7, 11) is 0. The Bertz CT molecular complexity index is 273. The third-order valence-corrected chi connectivity index (χ3v) is 2.68. The number of hydrogen-bond acceptors (Lipinski definition) is 0. The molecule has 0 saturated carbocycles. The molecule has 0 spiro atoms. The molecule has 0 aliphatic heterocycles. The lowest BCUT2D eigenvalue weighted by Gasteiger charge is -2.10. The van der Waals surface area contributed by atoms with E-state index in [0.29, 0.717) is 6.04 Å². The highest BCUT2D eigenvalue weighted by molar-refractivity contribution is 5.09. The summed E-state index contributed by atoms with van der Waals surface area (Å²) in [6.45, 7) is 4.48. The van der Waals surface area contributed by atoms with Crippen LogP contribution in [-0.4, -0.2) is 4.98 Å². The average Bonchev–Trinajstić information content (AvgIpc) is 2.47. The fourth-order valence-corrected chi connectivity index (χ4v) is 2.02. The first kappa shape index (κ1) is 7.84. The van der Waals surface area contributed by atoms with E-state index in [2.05, 4.69) is 29.7 Å². The Hall–Kier alpha value is -0.790. The topological polar surface area (TPSA) is 19.7 Å². The van der Waals surface area contributed by atoms with Gasteiger partial charge in [-0.2, -0.15) is 0 Å². The molecule has 0 bridgehead atoms. The molecule has 0 unspecified atom stereocenters. The van der Waals surface area contributed by atoms with E-state index in [-0.39, 0.29) is 0 Å². The van der Waals surface area contributed by atoms with Crippen molar-refractivity contribution in [3.05, 3.63) is 17.7 Å². The summed E-state index contributed by atoms with van der Waals surface area (Å²) >= 11 is 0. The summed E-state index contributed by atoms with van der Waals surface area (Å²) in [6.07, 6.45) is 7.34. The normalized spacial score (nSPS) is 16.6. The number of nitrogens with one attached hydrogen (secondary N) is 1. The predicted octanol–water partition coefficient (Wildman–Crippen LogP) is 1.76. The van der Waals surface area contributed by atoms with Crippen LogP contribution in [-0.2, 0) is 12.8 Å². The largest absolute Gasteiger partial charge is 0.247 e. The van der Waals surface area contributed by atoms with Crippen LogP contribution in [0.4, 0.5) is 0 Å². The van der Waals surface area contributed by atoms with Gasteiger partial charge >= 0.3 is 0 Å². The zero-order valence-electron chi connectivity index (χ0n) is 7.93. The minimum Gasteiger partial charge on any atom is -0.247 e. The number of hydrogen-bond donors (Lipinski definition) is 1. The number of rotatable bonds is 1. The predicted molar refractivity (Wildman–Crippen MR) is 48.0 cm³/mol. The summed E-state index contributed by atoms with van der Waals surface area (Å²) < 4.78 is 2.37. The Kier molecular flexibility index (Phi) is 1.91. The fourth-order valence-electron chi connectivity index (χ4n) is 2.02. The van der Waals surface area contributed by atoms with E-state index in [1.54, 1.807) is 0 Å². The van der Waals surface area contributed by atoms with Crippen molar-refractivity contribution >= 4 is 0 Å². The van der Waals surface area contributed by atoms with Crippen LogP contribution >= 0.6 is 0 Å². The van der Waals surface area contributed by atoms with Crippen LogP contribution in [0.1, 0.15) is 44.1 Å². The molecule has 1 aliphatic rings. The number of fused-ring (bicyclic) bond motifs is 1. The van der Waals surface area contributed by atoms with Gasteiger partial charge in [0.25, 0.3) is 0 Å². The molecule has 2 rings (SSSR count). The van der Waals surface area contributed by atoms with Gasteiger partial charge < -0.3 is 0 Å². The first-order valence-electron chi connectivity index (χ1n) is 4.89. The molecular weight excluding hydrogens is 148 g/mol. The molecule has 2 heteroatoms. The molecule has 0 amide bonds. The minimum atomic E-state index is 0.600. The lowest BCUT2D eigenvalue weighted by Crippen LogP contribution is -2.38. The zero-order valence-corrected chi connectivity index (χ0v) is 7.93. The second-order valence-electron chi connectivity index (χ2n) is 3.91. The van der Waals surface area contributed by atoms with Gasteiger partial charge in [0.15, 0.2) is 0 Å². The highest BCUT2D eigenvalue weighted by Gasteiger charge is 2.21. The van der Waals surface area contributed by atoms with Crippen molar-refractivity contribution in [2.24, 2.45) is 0 Å². The summed E-state index contributed by atoms with van der Waals surface area (Å²) in [6, 6.07) is 0.600. The zero-order chi connectivity index (χ0) is 8.55. The van der Waals surface area contributed by atoms with Crippen LogP contribution < -0.4 is 4.57 Å². The van der Waals surface area contributed by atoms with Crippen LogP contribution in [0.3, 0.4) is 0 Å². The van der Waals surface area contributed by atoms with Gasteiger partial charge in [0.2, 0.25) is 6.33 Å². The first-order chi connectivity index (χ1) is 5.79. The molecule has 0 saturated heterocycles. The number of H-pyrrole nitrogens is 1. The Morgan fingerprint density at radius 1 is 1.33 bits per heavy atom. The molecule has 2 nitrogen and oxygen atoms in total. The number of aryl methyl sites for hydroxylation is 1. The maximum Gasteiger partial charge on any atom is 0.242 e. The maximum atomic E-state index is 3.37. The van der Waals surface area contributed by atoms with Crippen molar-refractivity contribution in [1.82, 2.24) is 4.98 Å². The van der Waals surface area contributed by atoms with Crippen LogP contribution in [0.25, 0.3) is 0 Å². The van der Waals surface area contributed by atoms with E-state index in [1.165, 1.54) is 37.1 Å². The molecule has 1 heterocycles. The molecule has 0 radical (unpaired) electrons. The van der Waals surface area contributed by atoms with E-state index in [9.17, 15) is 0 Å². The number of aromatic amines is 1. The van der Waals surface area contributed by atoms with Crippen molar-refractivity contribution in [3.63, 3.8) is 0 Å². The Morgan fingerprint density at radius 3 is 2.83 bits per heavy atom. The monoisotopic (exact) mass is 165 g/mol. The van der Waals surface area contributed by atoms with Gasteiger partial charge in [-0.1, -0.05) is 0 Å². The second-order valence-corrected chi connectivity index (χ2v) is 3.91. The van der Waals surface area contributed by atoms with Crippen LogP contribution in [0.15, 0.2) is 6.33 Å². The van der Waals surface area contributed by atoms with Crippen molar-refractivity contribution in [1.29, 1.82) is 0 Å². The van der Waals surface area contributed by atoms with Gasteiger partial charge in [-0.3, -0.25) is 0 Å². The van der Waals surface area contributed by atoms with Crippen LogP contribution in [0.5, 0.6) is 0 Å². The van der Waals surface area contributed by atoms with Gasteiger partial charge in [0.05, 0.1) is 6.04 Å². The molecule has 1 aromatic heterocycles. The van der Waals surface area contributed by atoms with Gasteiger partial charge in [0.1, 0.15) is 11.4 Å². The highest BCUT2D eigenvalue weighted by Crippen LogP contribution is 2.16. The highest BCUT2D eigenvalue weighted by atomic mass is 15.1. The van der Waals surface area contributed by atoms with E-state index in [4.69, 9.17) is 0 Å². The smallest absolute Gasteiger partial charge is 0.242 e. The molecule has 0 atom stereocenters. The first-order valence-corrected chi connectivity index (χ1v) is 4.89. The molecule has 66 valence electrons. The van der Waals surface area contributed by atoms with E-state index < -0.39 is 0 Å². The number of nitrogens with zero attached hydrogens (tertiary/aromatic N) is 1. The van der Waals surface area contributed by atoms with Crippen molar-refractivity contribution in [2.45, 2.75) is 45.6 Å². The van der Waals surface area contributed by atoms with E-state index >= 15 is 0 Å². The van der Waals surface area contributed by atoms with Crippen molar-refractivity contribution in [3.8, 4) is 0 Å². The minimum absolute atomic E-state index is 0.600. The molecule has 1 aromatic rings. The lowest BCUT2D eigenvalue weighted by atomic mass is 10.0. The van der Waals surface area contributed by atoms with Crippen LogP contribution in [0.2, 0.25) is 0 Å². The number of aromatic nitrogens is 2. The van der Waals surface area contributed by atoms with Gasteiger partial charge in [0, 0.05) is 12.8 Å². The fraction of sp³-hybridized carbons (Fsp3) is 0.700. The van der Waals surface area contributed by atoms with E-state index in [0.717, 1.165) is 0 Å². The lowest BCUT2D eigenvalue weighted by molar-refractivity contribution is -0.722. The second kappa shape index (κ2) is 2.92. The van der Waals surface area contributed by atoms with Gasteiger partial charge in [-0.25, -0.2) is 9.55 Å². The Morgan fingerprint density at radius 2 is 2.08 bits per heavy atom. The van der Waals surface area contributed by atoms with Crippen molar-refractivity contribution in [2.75, 3.05) is 0 Å². The molecule has 0 aromatic carbocycles. The Balaban J connectivity index is 2.38. The summed E-state index contributed by atoms with van der Waals surface area (Å²) in [5.41, 5.74) is 3.01. The summed E-state index contributed by atoms with van der Waals surface area (Å²) in [5.74, 6) is 0. The third kappa shape index (κ3) is 1.15. The molecule has 1 N–H and O–H groups in total. The summed E-state index contributed by atoms with van der Waals surface area (Å²) in [5, 5.41) is 0. The standard InChI is InChI=1S/C10H16N2/c1-8(2)12-7-11-9-5-3-4-6-10(9)12/h7-8H,3-6H2,1-2H3/p+1. The molecule has 1 aliphatic carbocycles. The SMILES string of the molecule is CC(C)[n+]1c[nH]c2c1CCCC2. The van der Waals surface area contributed by atoms with Gasteiger partial charge in [-0.05, 0) is 26.7 Å². The van der Waals surface area contributed by atoms with Gasteiger partial charge in [-0.15, -0.1) is 0 Å². The van der Waals surface area contributed by atoms with Crippen LogP contribution in [0, 0.1) is 0 Å². The molecular formula is C10H17N2+. The third-order valence-electron chi connectivity index (χ3n) is 2.68. The molecule has 12 heavy (non-hydrogen) atoms. The van der Waals surface area contributed by atoms with Crippen molar-refractivity contribution < 1.29 is 4.57 Å².